The van der Waals surface area contributed by atoms with E-state index in [0.717, 1.165) is 27.1 Å². The molecule has 3 aromatic rings. The number of nitrogens with zero attached hydrogens (tertiary/aromatic N) is 1. The number of hydrogen-bond acceptors (Lipinski definition) is 3. The summed E-state index contributed by atoms with van der Waals surface area (Å²) in [6.45, 7) is 4.14. The SMILES string of the molecule is Cc1ccc(C)c(Sc2nc3ccccc3cc2C=O)c1. The molecule has 0 radical (unpaired) electrons. The zero-order chi connectivity index (χ0) is 14.8. The first-order valence-corrected chi connectivity index (χ1v) is 7.59. The van der Waals surface area contributed by atoms with Gasteiger partial charge in [0.25, 0.3) is 0 Å². The van der Waals surface area contributed by atoms with Gasteiger partial charge in [0.1, 0.15) is 5.03 Å². The van der Waals surface area contributed by atoms with Gasteiger partial charge >= 0.3 is 0 Å². The predicted molar refractivity (Wildman–Crippen MR) is 87.2 cm³/mol. The molecule has 0 bridgehead atoms. The average molecular weight is 293 g/mol. The van der Waals surface area contributed by atoms with Crippen LogP contribution < -0.4 is 0 Å². The van der Waals surface area contributed by atoms with Crippen LogP contribution in [0.1, 0.15) is 21.5 Å². The van der Waals surface area contributed by atoms with E-state index in [0.29, 0.717) is 5.56 Å². The maximum absolute atomic E-state index is 11.4. The highest BCUT2D eigenvalue weighted by Crippen LogP contribution is 2.32. The first kappa shape index (κ1) is 13.8. The van der Waals surface area contributed by atoms with E-state index in [1.165, 1.54) is 11.1 Å². The van der Waals surface area contributed by atoms with Crippen LogP contribution in [-0.2, 0) is 0 Å². The lowest BCUT2D eigenvalue weighted by molar-refractivity contribution is 0.112. The van der Waals surface area contributed by atoms with Crippen molar-refractivity contribution < 1.29 is 4.79 Å². The zero-order valence-corrected chi connectivity index (χ0v) is 12.8. The number of fused-ring (bicyclic) bond motifs is 1. The molecule has 0 atom stereocenters. The number of benzene rings is 2. The van der Waals surface area contributed by atoms with Crippen LogP contribution in [0.2, 0.25) is 0 Å². The second-order valence-electron chi connectivity index (χ2n) is 5.06. The van der Waals surface area contributed by atoms with Crippen LogP contribution in [0.25, 0.3) is 10.9 Å². The number of hydrogen-bond donors (Lipinski definition) is 0. The van der Waals surface area contributed by atoms with E-state index in [-0.39, 0.29) is 0 Å². The van der Waals surface area contributed by atoms with E-state index < -0.39 is 0 Å². The Bertz CT molecular complexity index is 827. The Hall–Kier alpha value is -2.13. The highest BCUT2D eigenvalue weighted by molar-refractivity contribution is 7.99. The first-order chi connectivity index (χ1) is 10.2. The third kappa shape index (κ3) is 2.83. The molecule has 0 amide bonds. The Morgan fingerprint density at radius 1 is 1.05 bits per heavy atom. The molecule has 0 N–H and O–H groups in total. The van der Waals surface area contributed by atoms with E-state index in [1.54, 1.807) is 11.8 Å². The summed E-state index contributed by atoms with van der Waals surface area (Å²) >= 11 is 1.55. The molecule has 3 heteroatoms. The van der Waals surface area contributed by atoms with E-state index in [4.69, 9.17) is 0 Å². The Morgan fingerprint density at radius 2 is 1.86 bits per heavy atom. The molecule has 1 aromatic heterocycles. The summed E-state index contributed by atoms with van der Waals surface area (Å²) in [7, 11) is 0. The Balaban J connectivity index is 2.10. The van der Waals surface area contributed by atoms with E-state index in [1.807, 2.05) is 30.3 Å². The van der Waals surface area contributed by atoms with E-state index >= 15 is 0 Å². The van der Waals surface area contributed by atoms with E-state index in [2.05, 4.69) is 37.0 Å². The molecule has 0 saturated carbocycles. The third-order valence-electron chi connectivity index (χ3n) is 3.39. The fraction of sp³-hybridized carbons (Fsp3) is 0.111. The number of carbonyl (C=O) groups excluding carboxylic acids is 1. The van der Waals surface area contributed by atoms with Crippen LogP contribution in [0.5, 0.6) is 0 Å². The summed E-state index contributed by atoms with van der Waals surface area (Å²) in [6, 6.07) is 16.1. The molecule has 0 aliphatic rings. The molecular weight excluding hydrogens is 278 g/mol. The van der Waals surface area contributed by atoms with Gasteiger partial charge in [-0.25, -0.2) is 4.98 Å². The average Bonchev–Trinajstić information content (AvgIpc) is 2.50. The van der Waals surface area contributed by atoms with Crippen molar-refractivity contribution in [3.63, 3.8) is 0 Å². The van der Waals surface area contributed by atoms with E-state index in [9.17, 15) is 4.79 Å². The van der Waals surface area contributed by atoms with Crippen LogP contribution in [-0.4, -0.2) is 11.3 Å². The lowest BCUT2D eigenvalue weighted by Gasteiger charge is -2.09. The largest absolute Gasteiger partial charge is 0.298 e. The molecule has 21 heavy (non-hydrogen) atoms. The summed E-state index contributed by atoms with van der Waals surface area (Å²) in [6.07, 6.45) is 0.882. The van der Waals surface area contributed by atoms with Gasteiger partial charge in [0.15, 0.2) is 6.29 Å². The Morgan fingerprint density at radius 3 is 2.67 bits per heavy atom. The van der Waals surface area contributed by atoms with Crippen LogP contribution in [0.15, 0.2) is 58.5 Å². The van der Waals surface area contributed by atoms with Gasteiger partial charge in [0, 0.05) is 15.8 Å². The van der Waals surface area contributed by atoms with Gasteiger partial charge in [-0.05, 0) is 43.2 Å². The molecule has 1 heterocycles. The Labute approximate surface area is 128 Å². The lowest BCUT2D eigenvalue weighted by atomic mass is 10.2. The number of pyridine rings is 1. The minimum Gasteiger partial charge on any atom is -0.298 e. The van der Waals surface area contributed by atoms with Crippen molar-refractivity contribution in [3.8, 4) is 0 Å². The van der Waals surface area contributed by atoms with Crippen molar-refractivity contribution >= 4 is 29.0 Å². The summed E-state index contributed by atoms with van der Waals surface area (Å²) in [5.41, 5.74) is 3.95. The molecule has 104 valence electrons. The molecule has 2 aromatic carbocycles. The smallest absolute Gasteiger partial charge is 0.152 e. The number of aromatic nitrogens is 1. The molecular formula is C18H15NOS. The Kier molecular flexibility index (Phi) is 3.76. The van der Waals surface area contributed by atoms with Gasteiger partial charge in [-0.2, -0.15) is 0 Å². The number of para-hydroxylation sites is 1. The van der Waals surface area contributed by atoms with Crippen molar-refractivity contribution in [1.82, 2.24) is 4.98 Å². The van der Waals surface area contributed by atoms with Crippen molar-refractivity contribution in [2.45, 2.75) is 23.8 Å². The number of aldehydes is 1. The molecule has 0 unspecified atom stereocenters. The monoisotopic (exact) mass is 293 g/mol. The van der Waals surface area contributed by atoms with Gasteiger partial charge in [0.2, 0.25) is 0 Å². The fourth-order valence-corrected chi connectivity index (χ4v) is 3.25. The van der Waals surface area contributed by atoms with Gasteiger partial charge in [-0.1, -0.05) is 42.1 Å². The standard InChI is InChI=1S/C18H15NOS/c1-12-7-8-13(2)17(9-12)21-18-15(11-20)10-14-5-3-4-6-16(14)19-18/h3-11H,1-2H3. The quantitative estimate of drug-likeness (QED) is 0.649. The maximum atomic E-state index is 11.4. The highest BCUT2D eigenvalue weighted by atomic mass is 32.2. The van der Waals surface area contributed by atoms with Crippen molar-refractivity contribution in [2.24, 2.45) is 0 Å². The van der Waals surface area contributed by atoms with Crippen LogP contribution in [0.4, 0.5) is 0 Å². The predicted octanol–water partition coefficient (Wildman–Crippen LogP) is 4.82. The molecule has 0 saturated heterocycles. The second kappa shape index (κ2) is 5.70. The number of rotatable bonds is 3. The van der Waals surface area contributed by atoms with Gasteiger partial charge in [0.05, 0.1) is 5.52 Å². The summed E-state index contributed by atoms with van der Waals surface area (Å²) in [5, 5.41) is 1.75. The lowest BCUT2D eigenvalue weighted by Crippen LogP contribution is -1.92. The van der Waals surface area contributed by atoms with Gasteiger partial charge in [-0.3, -0.25) is 4.79 Å². The first-order valence-electron chi connectivity index (χ1n) is 6.77. The molecule has 0 aliphatic carbocycles. The highest BCUT2D eigenvalue weighted by Gasteiger charge is 2.10. The fourth-order valence-electron chi connectivity index (χ4n) is 2.20. The van der Waals surface area contributed by atoms with Gasteiger partial charge < -0.3 is 0 Å². The third-order valence-corrected chi connectivity index (χ3v) is 4.57. The molecule has 0 spiro atoms. The van der Waals surface area contributed by atoms with Crippen molar-refractivity contribution in [2.75, 3.05) is 0 Å². The summed E-state index contributed by atoms with van der Waals surface area (Å²) in [4.78, 5) is 17.1. The molecule has 2 nitrogen and oxygen atoms in total. The zero-order valence-electron chi connectivity index (χ0n) is 12.0. The maximum Gasteiger partial charge on any atom is 0.152 e. The topological polar surface area (TPSA) is 30.0 Å². The van der Waals surface area contributed by atoms with Crippen LogP contribution in [0.3, 0.4) is 0 Å². The minimum absolute atomic E-state index is 0.639. The van der Waals surface area contributed by atoms with Crippen molar-refractivity contribution in [3.05, 3.63) is 65.2 Å². The van der Waals surface area contributed by atoms with Gasteiger partial charge in [-0.15, -0.1) is 0 Å². The summed E-state index contributed by atoms with van der Waals surface area (Å²) < 4.78 is 0. The molecule has 0 fully saturated rings. The minimum atomic E-state index is 0.639. The molecule has 3 rings (SSSR count). The number of carbonyl (C=O) groups is 1. The molecule has 0 aliphatic heterocycles. The van der Waals surface area contributed by atoms with Crippen LogP contribution >= 0.6 is 11.8 Å². The second-order valence-corrected chi connectivity index (χ2v) is 6.09. The summed E-state index contributed by atoms with van der Waals surface area (Å²) in [5.74, 6) is 0. The normalized spacial score (nSPS) is 10.8. The van der Waals surface area contributed by atoms with Crippen molar-refractivity contribution in [1.29, 1.82) is 0 Å². The van der Waals surface area contributed by atoms with Crippen LogP contribution in [0, 0.1) is 13.8 Å². The number of aryl methyl sites for hydroxylation is 2.